The molecule has 1 aliphatic rings. The molecule has 0 amide bonds. The number of nitriles is 4. The molecule has 8 rings (SSSR count). The quantitative estimate of drug-likeness (QED) is 0.143. The van der Waals surface area contributed by atoms with E-state index in [0.29, 0.717) is 10.6 Å². The van der Waals surface area contributed by atoms with Gasteiger partial charge in [0.1, 0.15) is 12.1 Å². The summed E-state index contributed by atoms with van der Waals surface area (Å²) in [6.45, 7) is 8.28. The van der Waals surface area contributed by atoms with Crippen molar-refractivity contribution in [1.29, 1.82) is 21.0 Å². The third kappa shape index (κ3) is 7.22. The first kappa shape index (κ1) is 40.5. The van der Waals surface area contributed by atoms with Crippen LogP contribution in [0.5, 0.6) is 0 Å². The number of aryl methyl sites for hydroxylation is 4. The maximum Gasteiger partial charge on any atom is 0.157 e. The molecular weight excluding hydrogens is 761 g/mol. The van der Waals surface area contributed by atoms with Gasteiger partial charge in [-0.15, -0.1) is 0 Å². The van der Waals surface area contributed by atoms with Crippen molar-refractivity contribution < 1.29 is 0 Å². The van der Waals surface area contributed by atoms with Crippen molar-refractivity contribution in [2.45, 2.75) is 33.7 Å². The molecular formula is C54H44N8. The van der Waals surface area contributed by atoms with Gasteiger partial charge in [-0.1, -0.05) is 95.1 Å². The molecule has 0 saturated carbocycles. The Morgan fingerprint density at radius 3 is 1.13 bits per heavy atom. The average Bonchev–Trinajstić information content (AvgIpc) is 3.73. The molecule has 1 atom stereocenters. The smallest absolute Gasteiger partial charge is 0.157 e. The largest absolute Gasteiger partial charge is 0.364 e. The molecule has 62 heavy (non-hydrogen) atoms. The summed E-state index contributed by atoms with van der Waals surface area (Å²) in [6.07, 6.45) is 0. The van der Waals surface area contributed by atoms with E-state index in [4.69, 9.17) is 0 Å². The average molecular weight is 805 g/mol. The van der Waals surface area contributed by atoms with Gasteiger partial charge in [0.2, 0.25) is 0 Å². The standard InChI is InChI=1S/C54H44N8/c1-35-7-19-43(20-8-35)61(44-21-9-36(2)10-22-44)47-27-15-39(16-28-47)51-49-50(54(59(51)5)42(33-57)34-58)52(60(6)53(49)41(31-55)32-56)40-17-29-48(30-18-40)62(45-23-11-37(3)12-24-45)46-25-13-38(4)14-26-46/h7-30,41,53H,1-6H3. The summed E-state index contributed by atoms with van der Waals surface area (Å²) < 4.78 is 1.88. The van der Waals surface area contributed by atoms with Gasteiger partial charge in [-0.05, 0) is 112 Å². The van der Waals surface area contributed by atoms with E-state index in [1.807, 2.05) is 47.8 Å². The highest BCUT2D eigenvalue weighted by molar-refractivity contribution is 5.84. The van der Waals surface area contributed by atoms with E-state index >= 15 is 0 Å². The Kier molecular flexibility index (Phi) is 10.9. The molecule has 0 aliphatic carbocycles. The van der Waals surface area contributed by atoms with Crippen molar-refractivity contribution in [3.8, 4) is 35.5 Å². The first-order chi connectivity index (χ1) is 30.1. The highest BCUT2D eigenvalue weighted by Gasteiger charge is 2.40. The van der Waals surface area contributed by atoms with E-state index in [1.54, 1.807) is 0 Å². The highest BCUT2D eigenvalue weighted by Crippen LogP contribution is 2.43. The zero-order valence-corrected chi connectivity index (χ0v) is 35.6. The van der Waals surface area contributed by atoms with Crippen LogP contribution in [0.3, 0.4) is 0 Å². The van der Waals surface area contributed by atoms with Gasteiger partial charge in [0, 0.05) is 59.0 Å². The first-order valence-electron chi connectivity index (χ1n) is 20.4. The number of anilines is 6. The van der Waals surface area contributed by atoms with E-state index in [1.165, 1.54) is 22.3 Å². The normalized spacial score (nSPS) is 12.9. The number of benzene rings is 6. The highest BCUT2D eigenvalue weighted by atomic mass is 15.2. The summed E-state index contributed by atoms with van der Waals surface area (Å²) in [5.41, 5.74) is 14.3. The third-order valence-corrected chi connectivity index (χ3v) is 11.8. The molecule has 1 aromatic heterocycles. The first-order valence-corrected chi connectivity index (χ1v) is 20.4. The van der Waals surface area contributed by atoms with E-state index in [2.05, 4.69) is 183 Å². The molecule has 6 aromatic carbocycles. The molecule has 0 saturated heterocycles. The Bertz CT molecular complexity index is 2980. The van der Waals surface area contributed by atoms with Gasteiger partial charge in [-0.2, -0.15) is 21.0 Å². The van der Waals surface area contributed by atoms with Crippen LogP contribution >= 0.6 is 0 Å². The minimum absolute atomic E-state index is 0.0601. The molecule has 300 valence electrons. The molecule has 8 heteroatoms. The molecule has 7 aromatic rings. The fourth-order valence-electron chi connectivity index (χ4n) is 8.63. The summed E-state index contributed by atoms with van der Waals surface area (Å²) in [6, 6.07) is 58.2. The molecule has 0 bridgehead atoms. The summed E-state index contributed by atoms with van der Waals surface area (Å²) in [5.74, 6) is -1.06. The van der Waals surface area contributed by atoms with Crippen LogP contribution in [-0.2, 0) is 7.05 Å². The summed E-state index contributed by atoms with van der Waals surface area (Å²) >= 11 is 0. The van der Waals surface area contributed by atoms with Gasteiger partial charge < -0.3 is 19.3 Å². The Morgan fingerprint density at radius 2 is 0.806 bits per heavy atom. The van der Waals surface area contributed by atoms with Crippen molar-refractivity contribution in [3.63, 3.8) is 0 Å². The molecule has 0 N–H and O–H groups in total. The second kappa shape index (κ2) is 16.8. The number of hydrogen-bond acceptors (Lipinski definition) is 7. The number of nitrogens with zero attached hydrogens (tertiary/aromatic N) is 8. The molecule has 1 unspecified atom stereocenters. The molecule has 0 fully saturated rings. The minimum atomic E-state index is -1.06. The lowest BCUT2D eigenvalue weighted by molar-refractivity contribution is 0.337. The Hall–Kier alpha value is -8.30. The Balaban J connectivity index is 1.33. The Morgan fingerprint density at radius 1 is 0.484 bits per heavy atom. The second-order valence-corrected chi connectivity index (χ2v) is 15.9. The van der Waals surface area contributed by atoms with E-state index in [9.17, 15) is 21.0 Å². The van der Waals surface area contributed by atoms with Crippen LogP contribution in [0.4, 0.5) is 34.1 Å². The lowest BCUT2D eigenvalue weighted by atomic mass is 9.93. The van der Waals surface area contributed by atoms with Crippen LogP contribution in [0.1, 0.15) is 39.4 Å². The predicted molar refractivity (Wildman–Crippen MR) is 247 cm³/mol. The second-order valence-electron chi connectivity index (χ2n) is 15.9. The lowest BCUT2D eigenvalue weighted by Gasteiger charge is -2.29. The van der Waals surface area contributed by atoms with Crippen molar-refractivity contribution in [3.05, 3.63) is 190 Å². The SMILES string of the molecule is Cc1ccc(N(c2ccc(C)cc2)c2ccc(C3=c4c(c(-c5ccc(N(c6ccc(C)cc6)c6ccc(C)cc6)cc5)n(C)c4=C(C#N)C#N)C(C(C#N)C#N)N3C)cc2)cc1. The fourth-order valence-corrected chi connectivity index (χ4v) is 8.63. The van der Waals surface area contributed by atoms with Crippen LogP contribution in [-0.4, -0.2) is 16.5 Å². The third-order valence-electron chi connectivity index (χ3n) is 11.8. The number of fused-ring (bicyclic) bond motifs is 1. The summed E-state index contributed by atoms with van der Waals surface area (Å²) in [5, 5.41) is 43.0. The van der Waals surface area contributed by atoms with Crippen LogP contribution in [0, 0.1) is 78.9 Å². The molecule has 0 spiro atoms. The minimum Gasteiger partial charge on any atom is -0.364 e. The number of hydrogen-bond donors (Lipinski definition) is 0. The zero-order valence-electron chi connectivity index (χ0n) is 35.6. The van der Waals surface area contributed by atoms with E-state index < -0.39 is 12.0 Å². The number of aromatic nitrogens is 1. The predicted octanol–water partition coefficient (Wildman–Crippen LogP) is 10.9. The van der Waals surface area contributed by atoms with E-state index in [0.717, 1.165) is 62.2 Å². The van der Waals surface area contributed by atoms with Gasteiger partial charge in [-0.3, -0.25) is 0 Å². The van der Waals surface area contributed by atoms with Crippen molar-refractivity contribution >= 4 is 45.4 Å². The summed E-state index contributed by atoms with van der Waals surface area (Å²) in [7, 11) is 3.74. The van der Waals surface area contributed by atoms with Gasteiger partial charge in [-0.25, -0.2) is 0 Å². The van der Waals surface area contributed by atoms with Gasteiger partial charge >= 0.3 is 0 Å². The van der Waals surface area contributed by atoms with Crippen molar-refractivity contribution in [2.75, 3.05) is 16.8 Å². The zero-order chi connectivity index (χ0) is 43.7. The Labute approximate surface area is 363 Å². The van der Waals surface area contributed by atoms with E-state index in [-0.39, 0.29) is 5.57 Å². The molecule has 0 radical (unpaired) electrons. The van der Waals surface area contributed by atoms with Gasteiger partial charge in [0.15, 0.2) is 11.5 Å². The molecule has 1 aliphatic heterocycles. The van der Waals surface area contributed by atoms with Crippen molar-refractivity contribution in [1.82, 2.24) is 9.47 Å². The lowest BCUT2D eigenvalue weighted by Crippen LogP contribution is -2.33. The van der Waals surface area contributed by atoms with Crippen LogP contribution in [0.25, 0.3) is 22.5 Å². The van der Waals surface area contributed by atoms with Gasteiger partial charge in [0.05, 0.1) is 34.9 Å². The fraction of sp³-hybridized carbons (Fsp3) is 0.148. The summed E-state index contributed by atoms with van der Waals surface area (Å²) in [4.78, 5) is 6.37. The monoisotopic (exact) mass is 804 g/mol. The maximum absolute atomic E-state index is 10.5. The maximum atomic E-state index is 10.5. The van der Waals surface area contributed by atoms with Crippen LogP contribution in [0.15, 0.2) is 146 Å². The topological polar surface area (TPSA) is 110 Å². The van der Waals surface area contributed by atoms with Crippen LogP contribution in [0.2, 0.25) is 0 Å². The molecule has 8 nitrogen and oxygen atoms in total. The van der Waals surface area contributed by atoms with Crippen LogP contribution < -0.4 is 20.4 Å². The van der Waals surface area contributed by atoms with Gasteiger partial charge in [0.25, 0.3) is 0 Å². The van der Waals surface area contributed by atoms with Crippen molar-refractivity contribution in [2.24, 2.45) is 13.0 Å². The molecule has 2 heterocycles. The number of rotatable bonds is 9.